The van der Waals surface area contributed by atoms with Gasteiger partial charge in [0, 0.05) is 0 Å². The number of amides is 2. The molecule has 123 valence electrons. The van der Waals surface area contributed by atoms with Crippen LogP contribution < -0.4 is 7.60 Å². The molecule has 0 atom stereocenters. The van der Waals surface area contributed by atoms with Crippen LogP contribution in [0.2, 0.25) is 15.2 Å². The Kier molecular flexibility index (Phi) is 10.1. The topological polar surface area (TPSA) is 58.2 Å². The molecule has 0 aromatic heterocycles. The Morgan fingerprint density at radius 2 is 1.68 bits per heavy atom. The molecule has 0 spiro atoms. The van der Waals surface area contributed by atoms with Crippen molar-refractivity contribution in [1.82, 2.24) is 7.60 Å². The van der Waals surface area contributed by atoms with Crippen molar-refractivity contribution in [3.8, 4) is 0 Å². The molecule has 4 nitrogen and oxygen atoms in total. The monoisotopic (exact) mass is 561 g/mol. The maximum absolute atomic E-state index is 12.1. The molecule has 12 heteroatoms. The van der Waals surface area contributed by atoms with Gasteiger partial charge in [0.15, 0.2) is 0 Å². The van der Waals surface area contributed by atoms with Crippen LogP contribution in [0.4, 0.5) is 0 Å². The molecular weight excluding hydrogens is 538 g/mol. The molecule has 0 saturated carbocycles. The van der Waals surface area contributed by atoms with Gasteiger partial charge in [-0.3, -0.25) is 0 Å². The molecule has 0 unspecified atom stereocenters. The summed E-state index contributed by atoms with van der Waals surface area (Å²) in [6.45, 7) is 5.98. The molecular formula is C10H23Cl2N2O2Ti6. The van der Waals surface area contributed by atoms with Gasteiger partial charge in [0.05, 0.1) is 0 Å². The van der Waals surface area contributed by atoms with Crippen LogP contribution >= 0.6 is 18.6 Å². The molecule has 2 N–H and O–H groups in total. The number of carbonyl (C=O) groups excluding carboxylic acids is 2. The minimum absolute atomic E-state index is 0.0176. The summed E-state index contributed by atoms with van der Waals surface area (Å²) in [6, 6.07) is 0. The van der Waals surface area contributed by atoms with Crippen LogP contribution in [0.25, 0.3) is 0 Å². The van der Waals surface area contributed by atoms with Crippen LogP contribution in [-0.2, 0) is 75.4 Å². The van der Waals surface area contributed by atoms with Crippen LogP contribution in [0.5, 0.6) is 0 Å². The fourth-order valence-corrected chi connectivity index (χ4v) is 548. The molecule has 2 amide bonds. The van der Waals surface area contributed by atoms with Crippen molar-refractivity contribution in [3.63, 3.8) is 0 Å². The van der Waals surface area contributed by atoms with E-state index in [2.05, 4.69) is 25.0 Å². The third-order valence-electron chi connectivity index (χ3n) is 3.42. The number of halogens is 2. The minimum atomic E-state index is -3.81. The molecule has 1 rings (SSSR count). The first-order chi connectivity index (χ1) is 9.96. The van der Waals surface area contributed by atoms with E-state index in [0.717, 1.165) is 4.73 Å². The van der Waals surface area contributed by atoms with Crippen LogP contribution in [-0.4, -0.2) is 11.8 Å². The van der Waals surface area contributed by atoms with E-state index in [9.17, 15) is 9.59 Å². The van der Waals surface area contributed by atoms with Gasteiger partial charge in [0.1, 0.15) is 0 Å². The van der Waals surface area contributed by atoms with Crippen molar-refractivity contribution in [2.24, 2.45) is 0 Å². The van der Waals surface area contributed by atoms with Crippen LogP contribution in [0.3, 0.4) is 0 Å². The summed E-state index contributed by atoms with van der Waals surface area (Å²) in [5.74, 6) is 0.241. The van der Waals surface area contributed by atoms with Gasteiger partial charge in [-0.25, -0.2) is 0 Å². The zero-order valence-electron chi connectivity index (χ0n) is 13.7. The van der Waals surface area contributed by atoms with Gasteiger partial charge in [0.25, 0.3) is 0 Å². The van der Waals surface area contributed by atoms with Gasteiger partial charge in [-0.1, -0.05) is 0 Å². The first-order valence-corrected chi connectivity index (χ1v) is 41.6. The average Bonchev–Trinajstić information content (AvgIpc) is 2.35. The molecule has 1 aliphatic heterocycles. The fraction of sp³-hybridized carbons (Fsp3) is 0.800. The summed E-state index contributed by atoms with van der Waals surface area (Å²) < 4.78 is 7.80. The Morgan fingerprint density at radius 3 is 2.14 bits per heavy atom. The molecule has 0 bridgehead atoms. The summed E-state index contributed by atoms with van der Waals surface area (Å²) in [4.78, 5) is 24.1. The molecule has 0 radical (unpaired) electrons. The zero-order valence-corrected chi connectivity index (χ0v) is 24.6. The fourth-order valence-electron chi connectivity index (χ4n) is 2.52. The Balaban J connectivity index is 3.22. The first-order valence-electron chi connectivity index (χ1n) is 7.47. The quantitative estimate of drug-likeness (QED) is 0.506. The van der Waals surface area contributed by atoms with Gasteiger partial charge in [0.2, 0.25) is 0 Å². The van der Waals surface area contributed by atoms with Gasteiger partial charge in [-0.05, 0) is 0 Å². The van der Waals surface area contributed by atoms with E-state index < -0.39 is 40.4 Å². The SMILES string of the molecule is CCC(=O)[NH][Ti]1[Ti][Ti]([CH3])([CH3])[Ti][Ti]([Cl])([Cl])([NH]C(=O)CC)[Ti]1[CH2]C. The predicted octanol–water partition coefficient (Wildman–Crippen LogP) is 3.46. The molecule has 22 heavy (non-hydrogen) atoms. The zero-order chi connectivity index (χ0) is 17.2. The van der Waals surface area contributed by atoms with Gasteiger partial charge in [-0.15, -0.1) is 0 Å². The summed E-state index contributed by atoms with van der Waals surface area (Å²) in [6.07, 6.45) is 1.01. The number of carbonyl (C=O) groups is 2. The second-order valence-electron chi connectivity index (χ2n) is 5.90. The van der Waals surface area contributed by atoms with Crippen LogP contribution in [0, 0.1) is 0 Å². The van der Waals surface area contributed by atoms with Crippen LogP contribution in [0.1, 0.15) is 33.6 Å². The second-order valence-corrected chi connectivity index (χ2v) is 114. The molecule has 0 aromatic rings. The molecule has 1 fully saturated rings. The van der Waals surface area contributed by atoms with E-state index in [-0.39, 0.29) is 37.3 Å². The molecule has 0 aromatic carbocycles. The Hall–Kier alpha value is 3.81. The number of hydrogen-bond donors (Lipinski definition) is 2. The van der Waals surface area contributed by atoms with Crippen molar-refractivity contribution in [2.45, 2.75) is 48.8 Å². The summed E-state index contributed by atoms with van der Waals surface area (Å²) in [7, 11) is 8.89. The third kappa shape index (κ3) is 6.45. The average molecular weight is 561 g/mol. The number of rotatable bonds is 5. The Morgan fingerprint density at radius 1 is 1.14 bits per heavy atom. The van der Waals surface area contributed by atoms with E-state index >= 15 is 0 Å². The molecule has 1 aliphatic rings. The number of hydrogen-bond acceptors (Lipinski definition) is 2. The van der Waals surface area contributed by atoms with E-state index in [4.69, 9.17) is 18.6 Å². The van der Waals surface area contributed by atoms with Gasteiger partial charge < -0.3 is 0 Å². The van der Waals surface area contributed by atoms with Crippen molar-refractivity contribution < 1.29 is 75.4 Å². The van der Waals surface area contributed by atoms with Crippen molar-refractivity contribution in [3.05, 3.63) is 0 Å². The summed E-state index contributed by atoms with van der Waals surface area (Å²) >= 11 is -3.71. The first kappa shape index (κ1) is 23.8. The van der Waals surface area contributed by atoms with E-state index in [1.807, 2.05) is 13.8 Å². The number of nitrogens with one attached hydrogen (secondary N) is 2. The van der Waals surface area contributed by atoms with Crippen molar-refractivity contribution in [1.29, 1.82) is 0 Å². The van der Waals surface area contributed by atoms with Crippen molar-refractivity contribution in [2.75, 3.05) is 0 Å². The standard InChI is InChI=1S/2C3H7NO.C2H5.2CH3.2ClH.6Ti/c2*1-2-3(4)5;1-2;;;;;;;;;;/h2*2H2,1H3,(H2,4,5);1H2,2H3;2*1H3;2*1H;;;;;;/q;;;;;;;;;;;+1;+3/p-4. The summed E-state index contributed by atoms with van der Waals surface area (Å²) in [5, 5.41) is 4.95. The van der Waals surface area contributed by atoms with Gasteiger partial charge in [-0.2, -0.15) is 0 Å². The Bertz CT molecular complexity index is 465. The Labute approximate surface area is 158 Å². The molecule has 0 aliphatic carbocycles. The van der Waals surface area contributed by atoms with E-state index in [0.29, 0.717) is 12.8 Å². The normalized spacial score (nSPS) is 23.3. The van der Waals surface area contributed by atoms with E-state index in [1.54, 1.807) is 0 Å². The van der Waals surface area contributed by atoms with Crippen molar-refractivity contribution >= 4 is 30.4 Å². The third-order valence-corrected chi connectivity index (χ3v) is 236. The maximum atomic E-state index is 12.1. The molecule has 1 saturated heterocycles. The van der Waals surface area contributed by atoms with Gasteiger partial charge >= 0.3 is 162 Å². The molecule has 1 heterocycles. The summed E-state index contributed by atoms with van der Waals surface area (Å²) in [5.41, 5.74) is 0. The second kappa shape index (κ2) is 9.34. The van der Waals surface area contributed by atoms with E-state index in [1.165, 1.54) is 0 Å². The predicted molar refractivity (Wildman–Crippen MR) is 70.8 cm³/mol. The van der Waals surface area contributed by atoms with Crippen LogP contribution in [0.15, 0.2) is 0 Å².